The quantitative estimate of drug-likeness (QED) is 0.611. The summed E-state index contributed by atoms with van der Waals surface area (Å²) in [5.74, 6) is 0. The summed E-state index contributed by atoms with van der Waals surface area (Å²) in [6.07, 6.45) is 6.03. The zero-order valence-electron chi connectivity index (χ0n) is 10.9. The monoisotopic (exact) mass is 255 g/mol. The summed E-state index contributed by atoms with van der Waals surface area (Å²) in [5, 5.41) is 5.54. The summed E-state index contributed by atoms with van der Waals surface area (Å²) in [6, 6.07) is 4.27. The molecule has 0 aliphatic rings. The molecule has 0 atom stereocenters. The lowest BCUT2D eigenvalue weighted by atomic mass is 10.2. The van der Waals surface area contributed by atoms with Gasteiger partial charge in [0.25, 0.3) is 0 Å². The fraction of sp³-hybridized carbons (Fsp3) is 0.714. The second-order valence-electron chi connectivity index (χ2n) is 4.25. The first kappa shape index (κ1) is 14.7. The summed E-state index contributed by atoms with van der Waals surface area (Å²) in [7, 11) is 0. The Hall–Kier alpha value is -0.380. The molecule has 2 nitrogen and oxygen atoms in total. The van der Waals surface area contributed by atoms with E-state index in [1.54, 1.807) is 0 Å². The second-order valence-corrected chi connectivity index (χ2v) is 5.28. The third-order valence-corrected chi connectivity index (χ3v) is 3.58. The van der Waals surface area contributed by atoms with Crippen LogP contribution < -0.4 is 5.32 Å². The third kappa shape index (κ3) is 8.36. The van der Waals surface area contributed by atoms with Gasteiger partial charge in [-0.2, -0.15) is 0 Å². The predicted molar refractivity (Wildman–Crippen MR) is 75.9 cm³/mol. The van der Waals surface area contributed by atoms with Gasteiger partial charge in [-0.15, -0.1) is 11.3 Å². The van der Waals surface area contributed by atoms with Gasteiger partial charge in [0.2, 0.25) is 0 Å². The molecule has 0 aromatic carbocycles. The molecule has 0 fully saturated rings. The van der Waals surface area contributed by atoms with Crippen LogP contribution in [0.25, 0.3) is 0 Å². The zero-order valence-corrected chi connectivity index (χ0v) is 11.7. The van der Waals surface area contributed by atoms with E-state index in [9.17, 15) is 0 Å². The van der Waals surface area contributed by atoms with E-state index in [1.165, 1.54) is 30.6 Å². The van der Waals surface area contributed by atoms with Gasteiger partial charge in [0.15, 0.2) is 0 Å². The van der Waals surface area contributed by atoms with Crippen LogP contribution in [0.4, 0.5) is 0 Å². The molecule has 0 aliphatic carbocycles. The van der Waals surface area contributed by atoms with Gasteiger partial charge in [0.1, 0.15) is 0 Å². The summed E-state index contributed by atoms with van der Waals surface area (Å²) in [4.78, 5) is 1.42. The van der Waals surface area contributed by atoms with Crippen LogP contribution in [0, 0.1) is 0 Å². The molecule has 1 heterocycles. The van der Waals surface area contributed by atoms with Crippen LogP contribution in [0.1, 0.15) is 37.5 Å². The molecule has 1 aromatic heterocycles. The molecular weight excluding hydrogens is 230 g/mol. The number of hydrogen-bond acceptors (Lipinski definition) is 3. The van der Waals surface area contributed by atoms with Crippen LogP contribution in [0.5, 0.6) is 0 Å². The van der Waals surface area contributed by atoms with Crippen molar-refractivity contribution in [3.8, 4) is 0 Å². The summed E-state index contributed by atoms with van der Waals surface area (Å²) in [5.41, 5.74) is 0. The molecule has 1 N–H and O–H groups in total. The first-order valence-corrected chi connectivity index (χ1v) is 7.62. The molecule has 0 amide bonds. The van der Waals surface area contributed by atoms with E-state index < -0.39 is 0 Å². The molecule has 3 heteroatoms. The molecule has 0 unspecified atom stereocenters. The number of rotatable bonds is 11. The van der Waals surface area contributed by atoms with Crippen molar-refractivity contribution in [2.75, 3.05) is 26.3 Å². The smallest absolute Gasteiger partial charge is 0.0514 e. The molecule has 1 rings (SSSR count). The largest absolute Gasteiger partial charge is 0.381 e. The van der Waals surface area contributed by atoms with E-state index in [1.807, 2.05) is 11.3 Å². The minimum atomic E-state index is 0.870. The Morgan fingerprint density at radius 3 is 2.88 bits per heavy atom. The van der Waals surface area contributed by atoms with E-state index in [-0.39, 0.29) is 0 Å². The number of nitrogens with one attached hydrogen (secondary N) is 1. The molecule has 17 heavy (non-hydrogen) atoms. The summed E-state index contributed by atoms with van der Waals surface area (Å²) in [6.45, 7) is 6.29. The topological polar surface area (TPSA) is 21.3 Å². The van der Waals surface area contributed by atoms with Gasteiger partial charge in [-0.3, -0.25) is 0 Å². The van der Waals surface area contributed by atoms with Crippen LogP contribution in [0.2, 0.25) is 0 Å². The number of unbranched alkanes of at least 4 members (excludes halogenated alkanes) is 2. The summed E-state index contributed by atoms with van der Waals surface area (Å²) < 4.78 is 5.62. The zero-order chi connectivity index (χ0) is 12.2. The molecule has 98 valence electrons. The molecular formula is C14H25NOS. The fourth-order valence-electron chi connectivity index (χ4n) is 1.66. The lowest BCUT2D eigenvalue weighted by Crippen LogP contribution is -2.15. The number of ether oxygens (including phenoxy) is 1. The van der Waals surface area contributed by atoms with Crippen molar-refractivity contribution in [1.82, 2.24) is 5.32 Å². The van der Waals surface area contributed by atoms with Crippen LogP contribution >= 0.6 is 11.3 Å². The van der Waals surface area contributed by atoms with Gasteiger partial charge in [-0.25, -0.2) is 0 Å². The highest BCUT2D eigenvalue weighted by Gasteiger charge is 1.94. The van der Waals surface area contributed by atoms with Gasteiger partial charge < -0.3 is 10.1 Å². The fourth-order valence-corrected chi connectivity index (χ4v) is 2.35. The molecule has 0 bridgehead atoms. The van der Waals surface area contributed by atoms with Gasteiger partial charge in [-0.05, 0) is 50.2 Å². The molecule has 1 aromatic rings. The Labute approximate surface area is 109 Å². The maximum absolute atomic E-state index is 5.62. The lowest BCUT2D eigenvalue weighted by molar-refractivity contribution is 0.133. The first-order chi connectivity index (χ1) is 8.43. The maximum Gasteiger partial charge on any atom is 0.0514 e. The van der Waals surface area contributed by atoms with E-state index in [4.69, 9.17) is 4.74 Å². The Balaban J connectivity index is 1.76. The molecule has 0 saturated heterocycles. The Kier molecular flexibility index (Phi) is 9.29. The molecule has 0 radical (unpaired) electrons. The summed E-state index contributed by atoms with van der Waals surface area (Å²) >= 11 is 1.81. The number of hydrogen-bond donors (Lipinski definition) is 1. The van der Waals surface area contributed by atoms with E-state index >= 15 is 0 Å². The average molecular weight is 255 g/mol. The van der Waals surface area contributed by atoms with Gasteiger partial charge in [0, 0.05) is 17.9 Å². The average Bonchev–Trinajstić information content (AvgIpc) is 2.85. The van der Waals surface area contributed by atoms with Crippen LogP contribution in [-0.4, -0.2) is 26.3 Å². The minimum Gasteiger partial charge on any atom is -0.381 e. The lowest BCUT2D eigenvalue weighted by Gasteiger charge is -2.04. The molecule has 0 spiro atoms. The third-order valence-electron chi connectivity index (χ3n) is 2.64. The SMILES string of the molecule is CCCNCCCCCOCCc1cccs1. The standard InChI is InChI=1S/C14H25NOS/c1-2-9-15-10-4-3-5-11-16-12-8-14-7-6-13-17-14/h6-7,13,15H,2-5,8-12H2,1H3. The first-order valence-electron chi connectivity index (χ1n) is 6.74. The normalized spacial score (nSPS) is 10.9. The predicted octanol–water partition coefficient (Wildman–Crippen LogP) is 3.48. The van der Waals surface area contributed by atoms with E-state index in [0.717, 1.165) is 32.7 Å². The van der Waals surface area contributed by atoms with Crippen molar-refractivity contribution in [1.29, 1.82) is 0 Å². The van der Waals surface area contributed by atoms with Crippen molar-refractivity contribution < 1.29 is 4.74 Å². The highest BCUT2D eigenvalue weighted by atomic mass is 32.1. The van der Waals surface area contributed by atoms with Gasteiger partial charge in [0.05, 0.1) is 6.61 Å². The van der Waals surface area contributed by atoms with E-state index in [0.29, 0.717) is 0 Å². The molecule has 0 saturated carbocycles. The van der Waals surface area contributed by atoms with Crippen molar-refractivity contribution in [3.05, 3.63) is 22.4 Å². The second kappa shape index (κ2) is 10.8. The van der Waals surface area contributed by atoms with E-state index in [2.05, 4.69) is 29.8 Å². The highest BCUT2D eigenvalue weighted by Crippen LogP contribution is 2.09. The Morgan fingerprint density at radius 1 is 1.18 bits per heavy atom. The van der Waals surface area contributed by atoms with Crippen molar-refractivity contribution in [2.24, 2.45) is 0 Å². The van der Waals surface area contributed by atoms with Crippen molar-refractivity contribution in [3.63, 3.8) is 0 Å². The Bertz CT molecular complexity index is 249. The molecule has 0 aliphatic heterocycles. The highest BCUT2D eigenvalue weighted by molar-refractivity contribution is 7.09. The van der Waals surface area contributed by atoms with Crippen molar-refractivity contribution >= 4 is 11.3 Å². The van der Waals surface area contributed by atoms with Gasteiger partial charge in [-0.1, -0.05) is 13.0 Å². The van der Waals surface area contributed by atoms with Gasteiger partial charge >= 0.3 is 0 Å². The van der Waals surface area contributed by atoms with Crippen LogP contribution in [-0.2, 0) is 11.2 Å². The maximum atomic E-state index is 5.62. The van der Waals surface area contributed by atoms with Crippen molar-refractivity contribution in [2.45, 2.75) is 39.0 Å². The number of thiophene rings is 1. The Morgan fingerprint density at radius 2 is 2.12 bits per heavy atom. The van der Waals surface area contributed by atoms with Crippen LogP contribution in [0.3, 0.4) is 0 Å². The van der Waals surface area contributed by atoms with Crippen LogP contribution in [0.15, 0.2) is 17.5 Å². The minimum absolute atomic E-state index is 0.870.